The Kier molecular flexibility index (Phi) is 20.8. The molecule has 0 aromatic heterocycles. The average Bonchev–Trinajstić information content (AvgIpc) is 3.56. The van der Waals surface area contributed by atoms with E-state index in [4.69, 9.17) is 14.0 Å². The minimum absolute atomic E-state index is 0.00359. The van der Waals surface area contributed by atoms with Crippen LogP contribution in [0.4, 0.5) is 0 Å². The van der Waals surface area contributed by atoms with Crippen LogP contribution in [0.5, 0.6) is 0 Å². The van der Waals surface area contributed by atoms with Crippen LogP contribution in [0.15, 0.2) is 53.4 Å². The fraction of sp³-hybridized carbons (Fsp3) is 0.444. The summed E-state index contributed by atoms with van der Waals surface area (Å²) in [5.41, 5.74) is 7.73. The van der Waals surface area contributed by atoms with E-state index in [9.17, 15) is 37.2 Å². The molecule has 0 bridgehead atoms. The molecule has 15 nitrogen and oxygen atoms in total. The summed E-state index contributed by atoms with van der Waals surface area (Å²) in [6, 6.07) is 11.4. The first kappa shape index (κ1) is 46.1. The van der Waals surface area contributed by atoms with E-state index in [1.807, 2.05) is 0 Å². The molecule has 2 aromatic rings. The van der Waals surface area contributed by atoms with Gasteiger partial charge in [-0.05, 0) is 54.8 Å². The van der Waals surface area contributed by atoms with Gasteiger partial charge in [-0.2, -0.15) is 0 Å². The van der Waals surface area contributed by atoms with Crippen molar-refractivity contribution in [2.45, 2.75) is 62.3 Å². The molecule has 1 aliphatic rings. The number of unbranched alkanes of at least 4 members (excludes halogenated alkanes) is 6. The van der Waals surface area contributed by atoms with Crippen LogP contribution in [-0.4, -0.2) is 94.6 Å². The Morgan fingerprint density at radius 1 is 0.796 bits per heavy atom. The Hall–Kier alpha value is -4.09. The summed E-state index contributed by atoms with van der Waals surface area (Å²) in [5, 5.41) is 13.4. The van der Waals surface area contributed by atoms with Gasteiger partial charge in [-0.3, -0.25) is 9.59 Å². The molecule has 0 aliphatic carbocycles. The molecule has 0 saturated heterocycles. The number of cyclic esters (lactones) is 1. The molecule has 3 rings (SSSR count). The first-order valence-corrected chi connectivity index (χ1v) is 20.3. The molecule has 54 heavy (non-hydrogen) atoms. The van der Waals surface area contributed by atoms with Gasteiger partial charge < -0.3 is 58.8 Å². The molecule has 4 amide bonds. The maximum atomic E-state index is 13.3. The van der Waals surface area contributed by atoms with E-state index >= 15 is 0 Å². The molecular weight excluding hydrogens is 825 g/mol. The van der Waals surface area contributed by atoms with Crippen LogP contribution in [0.2, 0.25) is 0 Å². The molecule has 0 radical (unpaired) electrons. The first-order valence-electron chi connectivity index (χ1n) is 17.0. The van der Waals surface area contributed by atoms with E-state index in [2.05, 4.69) is 33.9 Å². The Morgan fingerprint density at radius 3 is 1.87 bits per heavy atom. The molecule has 3 N–H and O–H groups in total. The molecule has 1 unspecified atom stereocenters. The zero-order valence-electron chi connectivity index (χ0n) is 29.8. The third kappa shape index (κ3) is 15.7. The maximum absolute atomic E-state index is 13.3. The van der Waals surface area contributed by atoms with Crippen molar-refractivity contribution in [1.29, 1.82) is 0 Å². The fourth-order valence-corrected chi connectivity index (χ4v) is 6.00. The molecule has 1 heterocycles. The van der Waals surface area contributed by atoms with Crippen molar-refractivity contribution in [3.8, 4) is 0 Å². The number of ketones is 1. The summed E-state index contributed by atoms with van der Waals surface area (Å²) in [5.74, 6) is -4.13. The number of hydrogen-bond acceptors (Lipinski definition) is 12. The van der Waals surface area contributed by atoms with Crippen molar-refractivity contribution in [1.82, 2.24) is 5.32 Å². The number of carbonyl (C=O) groups is 6. The SMILES string of the molecule is CS(=O)(=O)c1ccc(C2=C(c3ccc(C(=O)NC(CCCCCCCCCN)C(=O)C[N-]C(=O)C[N-]C(=O)C[N-]C(=O)C[S-])cc3)C(=O)OC2)cc1.[O]=[Tc+4]. The second-order valence-electron chi connectivity index (χ2n) is 12.1. The van der Waals surface area contributed by atoms with Gasteiger partial charge in [0.15, 0.2) is 9.84 Å². The summed E-state index contributed by atoms with van der Waals surface area (Å²) in [4.78, 5) is 74.5. The predicted octanol–water partition coefficient (Wildman–Crippen LogP) is 3.43. The van der Waals surface area contributed by atoms with Gasteiger partial charge in [0.25, 0.3) is 5.91 Å². The molecule has 0 saturated carbocycles. The molecule has 0 fully saturated rings. The number of hydrogen-bond donors (Lipinski definition) is 2. The normalized spacial score (nSPS) is 12.9. The number of nitrogens with two attached hydrogens (primary N) is 1. The van der Waals surface area contributed by atoms with Crippen LogP contribution in [0, 0.1) is 0 Å². The predicted molar refractivity (Wildman–Crippen MR) is 199 cm³/mol. The first-order chi connectivity index (χ1) is 25.8. The molecule has 2 aromatic carbocycles. The monoisotopic (exact) mass is 866 g/mol. The fourth-order valence-electron chi connectivity index (χ4n) is 5.28. The van der Waals surface area contributed by atoms with Gasteiger partial charge >= 0.3 is 28.3 Å². The van der Waals surface area contributed by atoms with E-state index in [1.54, 1.807) is 24.3 Å². The molecule has 291 valence electrons. The van der Waals surface area contributed by atoms with Gasteiger partial charge in [0.2, 0.25) is 0 Å². The Labute approximate surface area is 331 Å². The Balaban J connectivity index is 0.00000495. The standard InChI is InChI=1S/C36H47N5O9S2.O.Tc/c1-52(48,49)27-16-14-24(15-17-27)28-22-50-36(47)34(28)25-10-12-26(13-11-25)35(46)41-29(9-7-5-3-2-4-6-8-18-37)30(42)19-38-31(43)20-39-32(44)21-40-33(45)23-51;;/h10-17,29H,2-9,18-23,37H2,1H3,(H5,38,39,40,41,43,44,45,46,51);;/q;;+4/p-4. The van der Waals surface area contributed by atoms with Crippen LogP contribution in [-0.2, 0) is 73.5 Å². The number of rotatable bonds is 22. The van der Waals surface area contributed by atoms with Crippen molar-refractivity contribution in [3.63, 3.8) is 0 Å². The molecule has 1 aliphatic heterocycles. The Bertz CT molecular complexity index is 1750. The topological polar surface area (TPSA) is 243 Å². The van der Waals surface area contributed by atoms with E-state index in [0.29, 0.717) is 36.1 Å². The summed E-state index contributed by atoms with van der Waals surface area (Å²) in [6.07, 6.45) is 7.95. The number of benzene rings is 2. The zero-order chi connectivity index (χ0) is 40.1. The van der Waals surface area contributed by atoms with Crippen molar-refractivity contribution in [2.24, 2.45) is 5.73 Å². The zero-order valence-corrected chi connectivity index (χ0v) is 33.3. The molecule has 0 spiro atoms. The number of ether oxygens (including phenoxy) is 1. The van der Waals surface area contributed by atoms with E-state index in [0.717, 1.165) is 63.6 Å². The summed E-state index contributed by atoms with van der Waals surface area (Å²) in [6.45, 7) is -1.03. The Morgan fingerprint density at radius 2 is 1.31 bits per heavy atom. The summed E-state index contributed by atoms with van der Waals surface area (Å²) >= 11 is 5.44. The molecule has 18 heteroatoms. The molecule has 1 atom stereocenters. The minimum atomic E-state index is -3.40. The van der Waals surface area contributed by atoms with Gasteiger partial charge in [-0.15, -0.1) is 5.75 Å². The van der Waals surface area contributed by atoms with Crippen LogP contribution in [0.1, 0.15) is 72.9 Å². The number of carbonyl (C=O) groups excluding carboxylic acids is 6. The number of nitrogens with zero attached hydrogens (tertiary/aromatic N) is 3. The third-order valence-electron chi connectivity index (χ3n) is 8.13. The van der Waals surface area contributed by atoms with Gasteiger partial charge in [0.05, 0.1) is 16.5 Å². The van der Waals surface area contributed by atoms with Gasteiger partial charge in [0.1, 0.15) is 12.4 Å². The van der Waals surface area contributed by atoms with Gasteiger partial charge in [-0.25, -0.2) is 13.2 Å². The van der Waals surface area contributed by atoms with Crippen LogP contribution >= 0.6 is 0 Å². The summed E-state index contributed by atoms with van der Waals surface area (Å²) < 4.78 is 37.2. The average molecular weight is 868 g/mol. The van der Waals surface area contributed by atoms with Gasteiger partial charge in [-0.1, -0.05) is 82.4 Å². The summed E-state index contributed by atoms with van der Waals surface area (Å²) in [7, 11) is -3.40. The second kappa shape index (κ2) is 24.3. The van der Waals surface area contributed by atoms with Crippen molar-refractivity contribution < 1.29 is 64.3 Å². The van der Waals surface area contributed by atoms with E-state index in [-0.39, 0.29) is 28.4 Å². The second-order valence-corrected chi connectivity index (χ2v) is 14.4. The third-order valence-corrected chi connectivity index (χ3v) is 9.50. The van der Waals surface area contributed by atoms with Crippen LogP contribution in [0.3, 0.4) is 0 Å². The quantitative estimate of drug-likeness (QED) is 0.0983. The van der Waals surface area contributed by atoms with Gasteiger partial charge in [0, 0.05) is 35.1 Å². The van der Waals surface area contributed by atoms with Crippen LogP contribution < -0.4 is 11.1 Å². The van der Waals surface area contributed by atoms with E-state index < -0.39 is 70.9 Å². The number of Topliss-reactive ketones (excluding diaryl/α,β-unsaturated/α-hetero) is 1. The number of sulfone groups is 1. The van der Waals surface area contributed by atoms with Crippen molar-refractivity contribution in [3.05, 3.63) is 81.2 Å². The van der Waals surface area contributed by atoms with Crippen molar-refractivity contribution >= 4 is 69.0 Å². The number of nitrogens with one attached hydrogen (secondary N) is 1. The van der Waals surface area contributed by atoms with Crippen molar-refractivity contribution in [2.75, 3.05) is 44.8 Å². The number of esters is 1. The number of amides is 4. The van der Waals surface area contributed by atoms with E-state index in [1.165, 1.54) is 24.3 Å². The van der Waals surface area contributed by atoms with Crippen LogP contribution in [0.25, 0.3) is 27.1 Å². The molecular formula is C36H43N5O10S2Tc.